The number of rotatable bonds is 6. The first-order valence-corrected chi connectivity index (χ1v) is 7.26. The Kier molecular flexibility index (Phi) is 5.00. The maximum Gasteiger partial charge on any atom is 0.239 e. The second kappa shape index (κ2) is 6.74. The molecule has 3 N–H and O–H groups in total. The van der Waals surface area contributed by atoms with Crippen LogP contribution in [0.3, 0.4) is 0 Å². The number of hydrogen-bond donors (Lipinski definition) is 2. The number of thiophene rings is 1. The maximum atomic E-state index is 11.7. The number of benzene rings is 1. The summed E-state index contributed by atoms with van der Waals surface area (Å²) in [6.45, 7) is 0.541. The van der Waals surface area contributed by atoms with Gasteiger partial charge in [0.1, 0.15) is 11.8 Å². The fourth-order valence-corrected chi connectivity index (χ4v) is 2.87. The van der Waals surface area contributed by atoms with Gasteiger partial charge in [0.2, 0.25) is 5.91 Å². The summed E-state index contributed by atoms with van der Waals surface area (Å²) >= 11 is 7.79. The van der Waals surface area contributed by atoms with Crippen molar-refractivity contribution >= 4 is 28.8 Å². The zero-order valence-corrected chi connectivity index (χ0v) is 12.5. The molecule has 0 fully saturated rings. The molecule has 0 radical (unpaired) electrons. The molecule has 0 aliphatic carbocycles. The first-order chi connectivity index (χ1) is 9.63. The van der Waals surface area contributed by atoms with Gasteiger partial charge in [0.25, 0.3) is 0 Å². The van der Waals surface area contributed by atoms with Crippen LogP contribution in [0.4, 0.5) is 0 Å². The summed E-state index contributed by atoms with van der Waals surface area (Å²) in [4.78, 5) is 12.8. The topological polar surface area (TPSA) is 64.3 Å². The molecular formula is C14H15ClN2O2S. The van der Waals surface area contributed by atoms with E-state index < -0.39 is 11.9 Å². The van der Waals surface area contributed by atoms with E-state index in [1.54, 1.807) is 29.5 Å². The van der Waals surface area contributed by atoms with Crippen molar-refractivity contribution in [2.24, 2.45) is 5.73 Å². The molecule has 0 aliphatic rings. The molecule has 1 aromatic heterocycles. The first kappa shape index (κ1) is 14.8. The number of carbonyl (C=O) groups is 1. The molecule has 4 nitrogen and oxygen atoms in total. The van der Waals surface area contributed by atoms with Gasteiger partial charge < -0.3 is 10.5 Å². The van der Waals surface area contributed by atoms with Gasteiger partial charge in [0.05, 0.1) is 7.11 Å². The van der Waals surface area contributed by atoms with Crippen LogP contribution in [-0.4, -0.2) is 13.0 Å². The zero-order chi connectivity index (χ0) is 14.5. The van der Waals surface area contributed by atoms with Gasteiger partial charge in [-0.05, 0) is 23.6 Å². The Hall–Kier alpha value is -1.56. The highest BCUT2D eigenvalue weighted by molar-refractivity contribution is 7.09. The van der Waals surface area contributed by atoms with Crippen molar-refractivity contribution in [1.82, 2.24) is 5.32 Å². The number of amides is 1. The van der Waals surface area contributed by atoms with Gasteiger partial charge in [-0.1, -0.05) is 23.7 Å². The van der Waals surface area contributed by atoms with Crippen molar-refractivity contribution in [1.29, 1.82) is 0 Å². The number of carbonyl (C=O) groups excluding carboxylic acids is 1. The fraction of sp³-hybridized carbons (Fsp3) is 0.214. The summed E-state index contributed by atoms with van der Waals surface area (Å²) in [6, 6.07) is 8.48. The minimum Gasteiger partial charge on any atom is -0.496 e. The molecule has 6 heteroatoms. The summed E-state index contributed by atoms with van der Waals surface area (Å²) in [5.74, 6) is 0.0490. The molecule has 0 bridgehead atoms. The van der Waals surface area contributed by atoms with Crippen molar-refractivity contribution < 1.29 is 9.53 Å². The normalized spacial score (nSPS) is 12.1. The monoisotopic (exact) mass is 310 g/mol. The Morgan fingerprint density at radius 3 is 2.85 bits per heavy atom. The molecule has 1 aromatic carbocycles. The second-order valence-electron chi connectivity index (χ2n) is 4.15. The van der Waals surface area contributed by atoms with E-state index in [4.69, 9.17) is 22.1 Å². The standard InChI is InChI=1S/C14H15ClN2O2S/c1-19-11-6-2-5-10(15)12(11)13(14(16)18)17-8-9-4-3-7-20-9/h2-7,13,17H,8H2,1H3,(H2,16,18). The number of nitrogens with one attached hydrogen (secondary N) is 1. The van der Waals surface area contributed by atoms with E-state index in [0.29, 0.717) is 22.9 Å². The minimum atomic E-state index is -0.694. The lowest BCUT2D eigenvalue weighted by atomic mass is 10.0. The van der Waals surface area contributed by atoms with Crippen LogP contribution in [0.2, 0.25) is 5.02 Å². The Morgan fingerprint density at radius 2 is 2.25 bits per heavy atom. The molecule has 1 unspecified atom stereocenters. The van der Waals surface area contributed by atoms with Crippen molar-refractivity contribution in [2.45, 2.75) is 12.6 Å². The summed E-state index contributed by atoms with van der Waals surface area (Å²) in [5, 5.41) is 5.55. The third-order valence-corrected chi connectivity index (χ3v) is 4.07. The number of halogens is 1. The highest BCUT2D eigenvalue weighted by Crippen LogP contribution is 2.32. The van der Waals surface area contributed by atoms with Crippen molar-refractivity contribution in [3.63, 3.8) is 0 Å². The molecule has 0 aliphatic heterocycles. The number of methoxy groups -OCH3 is 1. The Balaban J connectivity index is 2.26. The Labute approximate surface area is 126 Å². The summed E-state index contributed by atoms with van der Waals surface area (Å²) in [5.41, 5.74) is 6.06. The summed E-state index contributed by atoms with van der Waals surface area (Å²) < 4.78 is 5.26. The van der Waals surface area contributed by atoms with Crippen LogP contribution < -0.4 is 15.8 Å². The largest absolute Gasteiger partial charge is 0.496 e. The molecule has 20 heavy (non-hydrogen) atoms. The molecule has 106 valence electrons. The average Bonchev–Trinajstić information content (AvgIpc) is 2.93. The van der Waals surface area contributed by atoms with Gasteiger partial charge in [-0.15, -0.1) is 11.3 Å². The summed E-state index contributed by atoms with van der Waals surface area (Å²) in [6.07, 6.45) is 0. The van der Waals surface area contributed by atoms with Gasteiger partial charge in [0, 0.05) is 22.0 Å². The van der Waals surface area contributed by atoms with E-state index in [0.717, 1.165) is 4.88 Å². The van der Waals surface area contributed by atoms with E-state index in [-0.39, 0.29) is 0 Å². The summed E-state index contributed by atoms with van der Waals surface area (Å²) in [7, 11) is 1.53. The lowest BCUT2D eigenvalue weighted by Crippen LogP contribution is -2.33. The van der Waals surface area contributed by atoms with Crippen LogP contribution in [0.5, 0.6) is 5.75 Å². The van der Waals surface area contributed by atoms with E-state index in [1.807, 2.05) is 17.5 Å². The quantitative estimate of drug-likeness (QED) is 0.862. The number of ether oxygens (including phenoxy) is 1. The molecule has 1 atom stereocenters. The predicted molar refractivity (Wildman–Crippen MR) is 81.1 cm³/mol. The van der Waals surface area contributed by atoms with Gasteiger partial charge >= 0.3 is 0 Å². The fourth-order valence-electron chi connectivity index (χ4n) is 1.94. The van der Waals surface area contributed by atoms with Crippen LogP contribution >= 0.6 is 22.9 Å². The first-order valence-electron chi connectivity index (χ1n) is 6.01. The molecule has 1 amide bonds. The van der Waals surface area contributed by atoms with Crippen LogP contribution in [-0.2, 0) is 11.3 Å². The van der Waals surface area contributed by atoms with Crippen molar-refractivity contribution in [3.05, 3.63) is 51.2 Å². The van der Waals surface area contributed by atoms with E-state index in [2.05, 4.69) is 5.32 Å². The van der Waals surface area contributed by atoms with Crippen LogP contribution in [0.1, 0.15) is 16.5 Å². The number of hydrogen-bond acceptors (Lipinski definition) is 4. The van der Waals surface area contributed by atoms with Gasteiger partial charge in [-0.2, -0.15) is 0 Å². The third-order valence-electron chi connectivity index (χ3n) is 2.87. The number of nitrogens with two attached hydrogens (primary N) is 1. The molecule has 2 aromatic rings. The van der Waals surface area contributed by atoms with Gasteiger partial charge in [-0.25, -0.2) is 0 Å². The minimum absolute atomic E-state index is 0.451. The van der Waals surface area contributed by atoms with E-state index in [9.17, 15) is 4.79 Å². The highest BCUT2D eigenvalue weighted by atomic mass is 35.5. The predicted octanol–water partition coefficient (Wildman–Crippen LogP) is 2.73. The number of primary amides is 1. The van der Waals surface area contributed by atoms with Crippen molar-refractivity contribution in [2.75, 3.05) is 7.11 Å². The molecule has 0 saturated carbocycles. The smallest absolute Gasteiger partial charge is 0.239 e. The van der Waals surface area contributed by atoms with Crippen LogP contribution in [0, 0.1) is 0 Å². The molecule has 2 rings (SSSR count). The molecule has 0 saturated heterocycles. The van der Waals surface area contributed by atoms with Crippen LogP contribution in [0.25, 0.3) is 0 Å². The maximum absolute atomic E-state index is 11.7. The average molecular weight is 311 g/mol. The van der Waals surface area contributed by atoms with Crippen molar-refractivity contribution in [3.8, 4) is 5.75 Å². The molecule has 0 spiro atoms. The lowest BCUT2D eigenvalue weighted by molar-refractivity contribution is -0.120. The third kappa shape index (κ3) is 3.30. The van der Waals surface area contributed by atoms with E-state index in [1.165, 1.54) is 7.11 Å². The molecular weight excluding hydrogens is 296 g/mol. The highest BCUT2D eigenvalue weighted by Gasteiger charge is 2.24. The Morgan fingerprint density at radius 1 is 1.45 bits per heavy atom. The SMILES string of the molecule is COc1cccc(Cl)c1C(NCc1cccs1)C(N)=O. The van der Waals surface area contributed by atoms with Crippen LogP contribution in [0.15, 0.2) is 35.7 Å². The zero-order valence-electron chi connectivity index (χ0n) is 10.9. The second-order valence-corrected chi connectivity index (χ2v) is 5.59. The Bertz CT molecular complexity index is 587. The van der Waals surface area contributed by atoms with Gasteiger partial charge in [-0.3, -0.25) is 10.1 Å². The molecule has 1 heterocycles. The lowest BCUT2D eigenvalue weighted by Gasteiger charge is -2.19. The van der Waals surface area contributed by atoms with Gasteiger partial charge in [0.15, 0.2) is 0 Å². The van der Waals surface area contributed by atoms with E-state index >= 15 is 0 Å².